The largest absolute Gasteiger partial charge is 0.338 e. The second-order valence-corrected chi connectivity index (χ2v) is 6.96. The minimum Gasteiger partial charge on any atom is -0.338 e. The van der Waals surface area contributed by atoms with Gasteiger partial charge in [0.25, 0.3) is 5.91 Å². The molecule has 1 aromatic heterocycles. The molecule has 0 spiro atoms. The van der Waals surface area contributed by atoms with E-state index in [0.29, 0.717) is 43.4 Å². The Bertz CT molecular complexity index is 892. The van der Waals surface area contributed by atoms with Gasteiger partial charge < -0.3 is 4.90 Å². The molecule has 0 bridgehead atoms. The number of benzene rings is 1. The maximum Gasteiger partial charge on any atom is 0.251 e. The van der Waals surface area contributed by atoms with Crippen LogP contribution in [0.1, 0.15) is 23.7 Å². The molecule has 8 nitrogen and oxygen atoms in total. The van der Waals surface area contributed by atoms with Gasteiger partial charge in [-0.2, -0.15) is 0 Å². The minimum absolute atomic E-state index is 0.0521. The highest BCUT2D eigenvalue weighted by atomic mass is 16.2. The lowest BCUT2D eigenvalue weighted by Crippen LogP contribution is -2.53. The predicted octanol–water partition coefficient (Wildman–Crippen LogP) is 1.13. The fourth-order valence-corrected chi connectivity index (χ4v) is 3.71. The summed E-state index contributed by atoms with van der Waals surface area (Å²) in [6, 6.07) is 7.92. The summed E-state index contributed by atoms with van der Waals surface area (Å²) >= 11 is 0. The highest BCUT2D eigenvalue weighted by Gasteiger charge is 2.43. The number of aromatic nitrogens is 2. The number of rotatable bonds is 4. The van der Waals surface area contributed by atoms with Gasteiger partial charge in [0.1, 0.15) is 0 Å². The van der Waals surface area contributed by atoms with E-state index in [-0.39, 0.29) is 24.0 Å². The molecule has 1 atom stereocenters. The van der Waals surface area contributed by atoms with Crippen molar-refractivity contribution >= 4 is 29.2 Å². The number of ketones is 1. The number of nitrogens with zero attached hydrogens (tertiary/aromatic N) is 5. The van der Waals surface area contributed by atoms with Crippen molar-refractivity contribution < 1.29 is 14.4 Å². The van der Waals surface area contributed by atoms with E-state index in [9.17, 15) is 14.4 Å². The number of piperazine rings is 1. The smallest absolute Gasteiger partial charge is 0.251 e. The van der Waals surface area contributed by atoms with Gasteiger partial charge in [0.2, 0.25) is 11.9 Å². The first-order valence-electron chi connectivity index (χ1n) is 9.28. The molecule has 3 heterocycles. The summed E-state index contributed by atoms with van der Waals surface area (Å²) in [7, 11) is 0. The van der Waals surface area contributed by atoms with Crippen LogP contribution in [0.25, 0.3) is 0 Å². The van der Waals surface area contributed by atoms with Gasteiger partial charge >= 0.3 is 0 Å². The van der Waals surface area contributed by atoms with Crippen LogP contribution in [-0.4, -0.2) is 64.7 Å². The molecule has 1 aromatic carbocycles. The van der Waals surface area contributed by atoms with Crippen LogP contribution in [0, 0.1) is 0 Å². The Hall–Kier alpha value is -3.13. The molecule has 0 N–H and O–H groups in total. The Balaban J connectivity index is 1.44. The first kappa shape index (κ1) is 18.2. The van der Waals surface area contributed by atoms with Crippen molar-refractivity contribution in [2.75, 3.05) is 36.0 Å². The van der Waals surface area contributed by atoms with Gasteiger partial charge in [0, 0.05) is 44.1 Å². The predicted molar refractivity (Wildman–Crippen MR) is 103 cm³/mol. The van der Waals surface area contributed by atoms with Gasteiger partial charge in [-0.05, 0) is 37.3 Å². The number of Topliss-reactive ketones (excluding diaryl/α,β-unsaturated/α-hetero) is 1. The zero-order chi connectivity index (χ0) is 19.7. The van der Waals surface area contributed by atoms with Gasteiger partial charge in [0.05, 0.1) is 18.2 Å². The Morgan fingerprint density at radius 3 is 2.25 bits per heavy atom. The number of anilines is 2. The van der Waals surface area contributed by atoms with E-state index in [1.54, 1.807) is 42.7 Å². The molecular weight excluding hydrogens is 358 g/mol. The Labute approximate surface area is 162 Å². The molecule has 0 saturated carbocycles. The molecule has 2 aliphatic heterocycles. The average molecular weight is 379 g/mol. The summed E-state index contributed by atoms with van der Waals surface area (Å²) in [4.78, 5) is 50.8. The van der Waals surface area contributed by atoms with Crippen LogP contribution in [0.4, 0.5) is 11.6 Å². The van der Waals surface area contributed by atoms with Gasteiger partial charge in [-0.25, -0.2) is 14.9 Å². The number of amides is 2. The van der Waals surface area contributed by atoms with Crippen molar-refractivity contribution in [2.24, 2.45) is 0 Å². The van der Waals surface area contributed by atoms with Crippen molar-refractivity contribution in [3.8, 4) is 0 Å². The van der Waals surface area contributed by atoms with Crippen LogP contribution in [0.3, 0.4) is 0 Å². The van der Waals surface area contributed by atoms with Crippen molar-refractivity contribution in [3.05, 3.63) is 48.3 Å². The maximum absolute atomic E-state index is 12.9. The molecule has 8 heteroatoms. The van der Waals surface area contributed by atoms with E-state index in [0.717, 1.165) is 0 Å². The minimum atomic E-state index is -0.446. The quantitative estimate of drug-likeness (QED) is 0.581. The molecule has 2 fully saturated rings. The van der Waals surface area contributed by atoms with Crippen LogP contribution >= 0.6 is 0 Å². The third-order valence-electron chi connectivity index (χ3n) is 5.24. The van der Waals surface area contributed by atoms with E-state index < -0.39 is 6.04 Å². The van der Waals surface area contributed by atoms with Gasteiger partial charge in [-0.3, -0.25) is 19.3 Å². The summed E-state index contributed by atoms with van der Waals surface area (Å²) in [6.07, 6.45) is 3.60. The fraction of sp³-hybridized carbons (Fsp3) is 0.350. The number of carbonyl (C=O) groups excluding carboxylic acids is 3. The first-order chi connectivity index (χ1) is 13.5. The van der Waals surface area contributed by atoms with Crippen LogP contribution in [0.5, 0.6) is 0 Å². The highest BCUT2D eigenvalue weighted by molar-refractivity contribution is 6.22. The van der Waals surface area contributed by atoms with Crippen molar-refractivity contribution in [1.29, 1.82) is 0 Å². The standard InChI is InChI=1S/C20H21N5O3/c1-14(26)15-3-5-16(6-4-15)25-18(27)13-17(19(25)28)23-9-11-24(12-10-23)20-21-7-2-8-22-20/h2-8,17H,9-13H2,1H3/t17-/m0/s1. The zero-order valence-electron chi connectivity index (χ0n) is 15.6. The molecule has 0 aliphatic carbocycles. The number of imide groups is 1. The summed E-state index contributed by atoms with van der Waals surface area (Å²) in [5.41, 5.74) is 1.07. The van der Waals surface area contributed by atoms with Gasteiger partial charge in [-0.1, -0.05) is 0 Å². The van der Waals surface area contributed by atoms with Gasteiger partial charge in [-0.15, -0.1) is 0 Å². The van der Waals surface area contributed by atoms with Crippen LogP contribution in [-0.2, 0) is 9.59 Å². The normalized spacial score (nSPS) is 20.7. The van der Waals surface area contributed by atoms with Crippen molar-refractivity contribution in [3.63, 3.8) is 0 Å². The first-order valence-corrected chi connectivity index (χ1v) is 9.28. The Morgan fingerprint density at radius 1 is 1.00 bits per heavy atom. The van der Waals surface area contributed by atoms with Crippen LogP contribution < -0.4 is 9.80 Å². The third kappa shape index (κ3) is 3.38. The Morgan fingerprint density at radius 2 is 1.64 bits per heavy atom. The fourth-order valence-electron chi connectivity index (χ4n) is 3.71. The topological polar surface area (TPSA) is 86.7 Å². The lowest BCUT2D eigenvalue weighted by Gasteiger charge is -2.36. The molecule has 2 saturated heterocycles. The summed E-state index contributed by atoms with van der Waals surface area (Å²) in [5, 5.41) is 0. The SMILES string of the molecule is CC(=O)c1ccc(N2C(=O)C[C@H](N3CCN(c4ncccn4)CC3)C2=O)cc1. The summed E-state index contributed by atoms with van der Waals surface area (Å²) in [5.74, 6) is 0.219. The number of hydrogen-bond donors (Lipinski definition) is 0. The summed E-state index contributed by atoms with van der Waals surface area (Å²) in [6.45, 7) is 4.22. The number of carbonyl (C=O) groups is 3. The molecule has 0 unspecified atom stereocenters. The van der Waals surface area contributed by atoms with Crippen LogP contribution in [0.2, 0.25) is 0 Å². The molecule has 2 aliphatic rings. The molecule has 28 heavy (non-hydrogen) atoms. The molecule has 2 aromatic rings. The maximum atomic E-state index is 12.9. The lowest BCUT2D eigenvalue weighted by atomic mass is 10.1. The van der Waals surface area contributed by atoms with Crippen molar-refractivity contribution in [1.82, 2.24) is 14.9 Å². The van der Waals surface area contributed by atoms with Gasteiger partial charge in [0.15, 0.2) is 5.78 Å². The molecule has 0 radical (unpaired) electrons. The summed E-state index contributed by atoms with van der Waals surface area (Å²) < 4.78 is 0. The molecule has 144 valence electrons. The molecule has 2 amide bonds. The monoisotopic (exact) mass is 379 g/mol. The lowest BCUT2D eigenvalue weighted by molar-refractivity contribution is -0.123. The number of hydrogen-bond acceptors (Lipinski definition) is 7. The van der Waals surface area contributed by atoms with E-state index >= 15 is 0 Å². The van der Waals surface area contributed by atoms with E-state index in [2.05, 4.69) is 19.8 Å². The van der Waals surface area contributed by atoms with Crippen LogP contribution in [0.15, 0.2) is 42.7 Å². The van der Waals surface area contributed by atoms with E-state index in [1.807, 2.05) is 0 Å². The highest BCUT2D eigenvalue weighted by Crippen LogP contribution is 2.27. The third-order valence-corrected chi connectivity index (χ3v) is 5.24. The second-order valence-electron chi connectivity index (χ2n) is 6.96. The van der Waals surface area contributed by atoms with E-state index in [4.69, 9.17) is 0 Å². The Kier molecular flexibility index (Phi) is 4.87. The van der Waals surface area contributed by atoms with Crippen molar-refractivity contribution in [2.45, 2.75) is 19.4 Å². The second kappa shape index (κ2) is 7.47. The zero-order valence-corrected chi connectivity index (χ0v) is 15.6. The molecule has 4 rings (SSSR count). The van der Waals surface area contributed by atoms with E-state index in [1.165, 1.54) is 11.8 Å². The average Bonchev–Trinajstić information content (AvgIpc) is 3.03. The molecular formula is C20H21N5O3.